The highest BCUT2D eigenvalue weighted by molar-refractivity contribution is 5.69. The Morgan fingerprint density at radius 3 is 2.24 bits per heavy atom. The van der Waals surface area contributed by atoms with Gasteiger partial charge in [0.05, 0.1) is 6.10 Å². The van der Waals surface area contributed by atoms with Gasteiger partial charge in [-0.15, -0.1) is 0 Å². The molecule has 0 bridgehead atoms. The minimum Gasteiger partial charge on any atom is -0.463 e. The summed E-state index contributed by atoms with van der Waals surface area (Å²) >= 11 is 0. The molecule has 0 spiro atoms. The van der Waals surface area contributed by atoms with E-state index in [0.29, 0.717) is 38.6 Å². The van der Waals surface area contributed by atoms with Crippen LogP contribution in [0.4, 0.5) is 4.79 Å². The summed E-state index contributed by atoms with van der Waals surface area (Å²) in [6, 6.07) is 0. The average molecular weight is 358 g/mol. The average Bonchev–Trinajstić information content (AvgIpc) is 2.42. The number of nitrogens with one attached hydrogen (secondary N) is 1. The molecule has 146 valence electrons. The monoisotopic (exact) mass is 358 g/mol. The molecule has 1 rings (SSSR count). The summed E-state index contributed by atoms with van der Waals surface area (Å²) in [5, 5.41) is 14.3. The zero-order valence-corrected chi connectivity index (χ0v) is 16.4. The molecule has 0 aromatic heterocycles. The van der Waals surface area contributed by atoms with Crippen LogP contribution in [0.3, 0.4) is 0 Å². The molecular formula is C18H34N2O5. The molecule has 1 saturated heterocycles. The first-order valence-electron chi connectivity index (χ1n) is 9.07. The van der Waals surface area contributed by atoms with Crippen LogP contribution in [0.1, 0.15) is 73.6 Å². The Bertz CT molecular complexity index is 444. The molecule has 2 N–H and O–H groups in total. The highest BCUT2D eigenvalue weighted by Gasteiger charge is 2.46. The summed E-state index contributed by atoms with van der Waals surface area (Å²) in [5.41, 5.74) is -0.910. The summed E-state index contributed by atoms with van der Waals surface area (Å²) in [4.78, 5) is 23.4. The summed E-state index contributed by atoms with van der Waals surface area (Å²) in [6.07, 6.45) is 2.06. The molecule has 0 atom stereocenters. The third-order valence-electron chi connectivity index (χ3n) is 4.32. The van der Waals surface area contributed by atoms with Gasteiger partial charge in [-0.3, -0.25) is 4.79 Å². The first-order chi connectivity index (χ1) is 11.4. The van der Waals surface area contributed by atoms with Crippen LogP contribution in [0.5, 0.6) is 0 Å². The van der Waals surface area contributed by atoms with Crippen molar-refractivity contribution >= 4 is 12.1 Å². The molecule has 1 aliphatic heterocycles. The van der Waals surface area contributed by atoms with Gasteiger partial charge in [0.2, 0.25) is 0 Å². The second-order valence-corrected chi connectivity index (χ2v) is 8.29. The Morgan fingerprint density at radius 1 is 1.16 bits per heavy atom. The lowest BCUT2D eigenvalue weighted by Crippen LogP contribution is -2.60. The van der Waals surface area contributed by atoms with E-state index in [0.717, 1.165) is 0 Å². The Labute approximate surface area is 151 Å². The molecule has 0 saturated carbocycles. The number of esters is 1. The largest absolute Gasteiger partial charge is 0.463 e. The number of hydrogen-bond acceptors (Lipinski definition) is 6. The molecule has 0 unspecified atom stereocenters. The predicted octanol–water partition coefficient (Wildman–Crippen LogP) is 3.25. The van der Waals surface area contributed by atoms with Gasteiger partial charge >= 0.3 is 12.1 Å². The fourth-order valence-corrected chi connectivity index (χ4v) is 3.36. The van der Waals surface area contributed by atoms with E-state index in [1.807, 2.05) is 41.5 Å². The number of amides is 1. The molecule has 1 fully saturated rings. The van der Waals surface area contributed by atoms with Gasteiger partial charge in [-0.1, -0.05) is 0 Å². The number of alkyl carbamates (subject to hydrolysis) is 1. The molecule has 25 heavy (non-hydrogen) atoms. The van der Waals surface area contributed by atoms with Crippen LogP contribution in [0.15, 0.2) is 0 Å². The van der Waals surface area contributed by atoms with Crippen molar-refractivity contribution in [3.8, 4) is 0 Å². The van der Waals surface area contributed by atoms with Crippen molar-refractivity contribution in [3.63, 3.8) is 0 Å². The molecule has 7 nitrogen and oxygen atoms in total. The normalized spacial score (nSPS) is 20.3. The fourth-order valence-electron chi connectivity index (χ4n) is 3.36. The lowest BCUT2D eigenvalue weighted by Gasteiger charge is -2.50. The highest BCUT2D eigenvalue weighted by Crippen LogP contribution is 2.37. The van der Waals surface area contributed by atoms with E-state index in [1.165, 1.54) is 5.06 Å². The van der Waals surface area contributed by atoms with Crippen LogP contribution < -0.4 is 5.32 Å². The van der Waals surface area contributed by atoms with Crippen molar-refractivity contribution in [1.82, 2.24) is 10.4 Å². The minimum atomic E-state index is -0.455. The van der Waals surface area contributed by atoms with Gasteiger partial charge in [-0.05, 0) is 54.4 Å². The van der Waals surface area contributed by atoms with Gasteiger partial charge in [0.1, 0.15) is 6.10 Å². The van der Waals surface area contributed by atoms with Gasteiger partial charge < -0.3 is 20.0 Å². The standard InChI is InChI=1S/C18H34N2O5/c1-13(2)24-15(21)9-7-8-10-19-16(22)25-14-11-17(3,4)20(23)18(5,6)12-14/h13-14,23H,7-12H2,1-6H3,(H,19,22). The summed E-state index contributed by atoms with van der Waals surface area (Å²) < 4.78 is 10.6. The quantitative estimate of drug-likeness (QED) is 0.536. The van der Waals surface area contributed by atoms with Crippen LogP contribution in [0.25, 0.3) is 0 Å². The Morgan fingerprint density at radius 2 is 1.72 bits per heavy atom. The number of ether oxygens (including phenoxy) is 2. The number of carbonyl (C=O) groups excluding carboxylic acids is 2. The first kappa shape index (κ1) is 21.7. The van der Waals surface area contributed by atoms with E-state index in [-0.39, 0.29) is 18.2 Å². The lowest BCUT2D eigenvalue weighted by molar-refractivity contribution is -0.256. The van der Waals surface area contributed by atoms with Crippen LogP contribution in [-0.4, -0.2) is 52.2 Å². The molecular weight excluding hydrogens is 324 g/mol. The van der Waals surface area contributed by atoms with E-state index in [4.69, 9.17) is 9.47 Å². The minimum absolute atomic E-state index is 0.0977. The smallest absolute Gasteiger partial charge is 0.407 e. The van der Waals surface area contributed by atoms with Crippen molar-refractivity contribution in [2.45, 2.75) is 96.9 Å². The summed E-state index contributed by atoms with van der Waals surface area (Å²) in [5.74, 6) is -0.210. The molecule has 0 aliphatic carbocycles. The van der Waals surface area contributed by atoms with Crippen LogP contribution in [-0.2, 0) is 14.3 Å². The Balaban J connectivity index is 2.27. The molecule has 1 aliphatic rings. The van der Waals surface area contributed by atoms with Crippen LogP contribution in [0, 0.1) is 0 Å². The first-order valence-corrected chi connectivity index (χ1v) is 9.07. The van der Waals surface area contributed by atoms with Crippen molar-refractivity contribution in [2.24, 2.45) is 0 Å². The number of rotatable bonds is 7. The van der Waals surface area contributed by atoms with E-state index in [1.54, 1.807) is 0 Å². The Hall–Kier alpha value is -1.34. The topological polar surface area (TPSA) is 88.1 Å². The SMILES string of the molecule is CC(C)OC(=O)CCCCNC(=O)OC1CC(C)(C)N(O)C(C)(C)C1. The number of hydroxylamine groups is 2. The number of carbonyl (C=O) groups is 2. The molecule has 0 aromatic rings. The van der Waals surface area contributed by atoms with Crippen molar-refractivity contribution in [2.75, 3.05) is 6.54 Å². The third-order valence-corrected chi connectivity index (χ3v) is 4.32. The maximum atomic E-state index is 12.0. The van der Waals surface area contributed by atoms with Crippen LogP contribution in [0.2, 0.25) is 0 Å². The van der Waals surface area contributed by atoms with E-state index < -0.39 is 17.2 Å². The number of unbranched alkanes of at least 4 members (excludes halogenated alkanes) is 1. The molecule has 0 aromatic carbocycles. The molecule has 0 radical (unpaired) electrons. The van der Waals surface area contributed by atoms with Gasteiger partial charge in [0.15, 0.2) is 0 Å². The maximum absolute atomic E-state index is 12.0. The van der Waals surface area contributed by atoms with E-state index >= 15 is 0 Å². The van der Waals surface area contributed by atoms with Crippen LogP contribution >= 0.6 is 0 Å². The summed E-state index contributed by atoms with van der Waals surface area (Å²) in [7, 11) is 0. The second kappa shape index (κ2) is 8.85. The molecule has 1 heterocycles. The lowest BCUT2D eigenvalue weighted by atomic mass is 9.80. The van der Waals surface area contributed by atoms with Gasteiger partial charge in [-0.25, -0.2) is 4.79 Å². The van der Waals surface area contributed by atoms with Crippen molar-refractivity contribution < 1.29 is 24.3 Å². The van der Waals surface area contributed by atoms with Crippen molar-refractivity contribution in [1.29, 1.82) is 0 Å². The molecule has 1 amide bonds. The Kier molecular flexibility index (Phi) is 7.68. The van der Waals surface area contributed by atoms with E-state index in [9.17, 15) is 14.8 Å². The number of piperidine rings is 1. The molecule has 7 heteroatoms. The zero-order valence-electron chi connectivity index (χ0n) is 16.4. The highest BCUT2D eigenvalue weighted by atomic mass is 16.6. The zero-order chi connectivity index (χ0) is 19.3. The van der Waals surface area contributed by atoms with Gasteiger partial charge in [-0.2, -0.15) is 5.06 Å². The third kappa shape index (κ3) is 7.20. The maximum Gasteiger partial charge on any atom is 0.407 e. The summed E-state index contributed by atoms with van der Waals surface area (Å²) in [6.45, 7) is 11.8. The predicted molar refractivity (Wildman–Crippen MR) is 94.4 cm³/mol. The van der Waals surface area contributed by atoms with Gasteiger partial charge in [0.25, 0.3) is 0 Å². The van der Waals surface area contributed by atoms with E-state index in [2.05, 4.69) is 5.32 Å². The fraction of sp³-hybridized carbons (Fsp3) is 0.889. The van der Waals surface area contributed by atoms with Gasteiger partial charge in [0, 0.05) is 36.9 Å². The second-order valence-electron chi connectivity index (χ2n) is 8.29. The number of nitrogens with zero attached hydrogens (tertiary/aromatic N) is 1. The number of hydrogen-bond donors (Lipinski definition) is 2. The van der Waals surface area contributed by atoms with Crippen molar-refractivity contribution in [3.05, 3.63) is 0 Å².